The van der Waals surface area contributed by atoms with Crippen molar-refractivity contribution in [2.45, 2.75) is 4.90 Å². The maximum Gasteiger partial charge on any atom is 0.295 e. The zero-order valence-corrected chi connectivity index (χ0v) is 10.6. The van der Waals surface area contributed by atoms with Crippen LogP contribution in [0.15, 0.2) is 53.4 Å². The van der Waals surface area contributed by atoms with Crippen LogP contribution in [0.1, 0.15) is 10.4 Å². The third-order valence-corrected chi connectivity index (χ3v) is 3.52. The third kappa shape index (κ3) is 2.81. The summed E-state index contributed by atoms with van der Waals surface area (Å²) in [7, 11) is -4.45. The molecule has 98 valence electrons. The lowest BCUT2D eigenvalue weighted by Gasteiger charge is -2.08. The van der Waals surface area contributed by atoms with Crippen molar-refractivity contribution in [1.82, 2.24) is 0 Å². The summed E-state index contributed by atoms with van der Waals surface area (Å²) in [6, 6.07) is 12.6. The van der Waals surface area contributed by atoms with Crippen LogP contribution in [-0.4, -0.2) is 18.9 Å². The Morgan fingerprint density at radius 1 is 1.05 bits per heavy atom. The Bertz CT molecular complexity index is 724. The fraction of sp³-hybridized carbons (Fsp3) is 0. The van der Waals surface area contributed by atoms with Crippen LogP contribution in [-0.2, 0) is 10.1 Å². The minimum atomic E-state index is -4.45. The lowest BCUT2D eigenvalue weighted by molar-refractivity contribution is 0.1000. The molecule has 0 aliphatic carbocycles. The number of hydrogen-bond acceptors (Lipinski definition) is 3. The van der Waals surface area contributed by atoms with E-state index in [4.69, 9.17) is 5.73 Å². The predicted octanol–water partition coefficient (Wildman–Crippen LogP) is 1.70. The van der Waals surface area contributed by atoms with Crippen LogP contribution >= 0.6 is 0 Å². The number of primary amides is 1. The van der Waals surface area contributed by atoms with Gasteiger partial charge in [0, 0.05) is 11.1 Å². The van der Waals surface area contributed by atoms with Crippen LogP contribution in [0, 0.1) is 0 Å². The molecule has 2 rings (SSSR count). The molecule has 0 bridgehead atoms. The van der Waals surface area contributed by atoms with Crippen molar-refractivity contribution in [1.29, 1.82) is 0 Å². The van der Waals surface area contributed by atoms with Gasteiger partial charge in [-0.15, -0.1) is 0 Å². The van der Waals surface area contributed by atoms with E-state index in [-0.39, 0.29) is 10.5 Å². The summed E-state index contributed by atoms with van der Waals surface area (Å²) >= 11 is 0. The van der Waals surface area contributed by atoms with E-state index in [1.54, 1.807) is 30.3 Å². The third-order valence-electron chi connectivity index (χ3n) is 2.63. The van der Waals surface area contributed by atoms with Crippen LogP contribution in [0.5, 0.6) is 0 Å². The number of hydrogen-bond donors (Lipinski definition) is 2. The number of amides is 1. The molecule has 3 N–H and O–H groups in total. The van der Waals surface area contributed by atoms with Gasteiger partial charge in [-0.25, -0.2) is 0 Å². The minimum Gasteiger partial charge on any atom is -0.366 e. The number of rotatable bonds is 3. The Hall–Kier alpha value is -2.18. The van der Waals surface area contributed by atoms with Crippen molar-refractivity contribution >= 4 is 16.0 Å². The van der Waals surface area contributed by atoms with E-state index in [0.29, 0.717) is 11.1 Å². The maximum absolute atomic E-state index is 11.4. The van der Waals surface area contributed by atoms with Crippen LogP contribution in [0.25, 0.3) is 11.1 Å². The first-order chi connectivity index (χ1) is 8.89. The standard InChI is InChI=1S/C13H11NO4S/c14-13(15)10-6-7-11(9-4-2-1-3-5-9)12(8-10)19(16,17)18/h1-8H,(H2,14,15)(H,16,17,18). The lowest BCUT2D eigenvalue weighted by Crippen LogP contribution is -2.12. The summed E-state index contributed by atoms with van der Waals surface area (Å²) in [4.78, 5) is 10.7. The van der Waals surface area contributed by atoms with E-state index in [9.17, 15) is 17.8 Å². The van der Waals surface area contributed by atoms with Gasteiger partial charge >= 0.3 is 0 Å². The van der Waals surface area contributed by atoms with Gasteiger partial charge in [0.15, 0.2) is 0 Å². The second-order valence-electron chi connectivity index (χ2n) is 3.92. The normalized spacial score (nSPS) is 11.2. The molecular weight excluding hydrogens is 266 g/mol. The maximum atomic E-state index is 11.4. The molecule has 2 aromatic carbocycles. The minimum absolute atomic E-state index is 0.0207. The van der Waals surface area contributed by atoms with Gasteiger partial charge in [0.2, 0.25) is 5.91 Å². The molecular formula is C13H11NO4S. The van der Waals surface area contributed by atoms with Crippen LogP contribution in [0.2, 0.25) is 0 Å². The van der Waals surface area contributed by atoms with Gasteiger partial charge in [-0.3, -0.25) is 9.35 Å². The molecule has 19 heavy (non-hydrogen) atoms. The molecule has 0 heterocycles. The zero-order valence-electron chi connectivity index (χ0n) is 9.78. The van der Waals surface area contributed by atoms with Crippen LogP contribution in [0.3, 0.4) is 0 Å². The predicted molar refractivity (Wildman–Crippen MR) is 70.2 cm³/mol. The highest BCUT2D eigenvalue weighted by Gasteiger charge is 2.18. The molecule has 0 aromatic heterocycles. The Kier molecular flexibility index (Phi) is 3.37. The largest absolute Gasteiger partial charge is 0.366 e. The summed E-state index contributed by atoms with van der Waals surface area (Å²) in [5.74, 6) is -0.760. The van der Waals surface area contributed by atoms with Gasteiger partial charge < -0.3 is 5.73 Å². The molecule has 0 unspecified atom stereocenters. The number of carbonyl (C=O) groups is 1. The summed E-state index contributed by atoms with van der Waals surface area (Å²) in [6.45, 7) is 0. The number of benzene rings is 2. The molecule has 0 aliphatic heterocycles. The number of nitrogens with two attached hydrogens (primary N) is 1. The Balaban J connectivity index is 2.72. The fourth-order valence-electron chi connectivity index (χ4n) is 1.75. The van der Waals surface area contributed by atoms with Crippen molar-refractivity contribution in [2.75, 3.05) is 0 Å². The Morgan fingerprint density at radius 2 is 1.68 bits per heavy atom. The SMILES string of the molecule is NC(=O)c1ccc(-c2ccccc2)c(S(=O)(=O)O)c1. The second kappa shape index (κ2) is 4.83. The van der Waals surface area contributed by atoms with Crippen molar-refractivity contribution in [2.24, 2.45) is 5.73 Å². The summed E-state index contributed by atoms with van der Waals surface area (Å²) in [5, 5.41) is 0. The van der Waals surface area contributed by atoms with Crippen molar-refractivity contribution in [3.8, 4) is 11.1 Å². The Morgan fingerprint density at radius 3 is 2.21 bits per heavy atom. The molecule has 0 fully saturated rings. The second-order valence-corrected chi connectivity index (χ2v) is 5.31. The number of carbonyl (C=O) groups excluding carboxylic acids is 1. The zero-order chi connectivity index (χ0) is 14.0. The first kappa shape index (κ1) is 13.3. The molecule has 0 atom stereocenters. The average Bonchev–Trinajstić information content (AvgIpc) is 2.38. The summed E-state index contributed by atoms with van der Waals surface area (Å²) < 4.78 is 32.1. The van der Waals surface area contributed by atoms with Gasteiger partial charge in [-0.2, -0.15) is 8.42 Å². The molecule has 0 aliphatic rings. The molecule has 0 spiro atoms. The fourth-order valence-corrected chi connectivity index (χ4v) is 2.48. The van der Waals surface area contributed by atoms with Gasteiger partial charge in [-0.1, -0.05) is 36.4 Å². The molecule has 1 amide bonds. The highest BCUT2D eigenvalue weighted by Crippen LogP contribution is 2.28. The molecule has 0 radical (unpaired) electrons. The van der Waals surface area contributed by atoms with Crippen molar-refractivity contribution < 1.29 is 17.8 Å². The summed E-state index contributed by atoms with van der Waals surface area (Å²) in [6.07, 6.45) is 0. The Labute approximate surface area is 110 Å². The van der Waals surface area contributed by atoms with E-state index in [2.05, 4.69) is 0 Å². The van der Waals surface area contributed by atoms with Gasteiger partial charge in [0.1, 0.15) is 4.90 Å². The first-order valence-electron chi connectivity index (χ1n) is 5.36. The highest BCUT2D eigenvalue weighted by molar-refractivity contribution is 7.86. The summed E-state index contributed by atoms with van der Waals surface area (Å²) in [5.41, 5.74) is 6.05. The van der Waals surface area contributed by atoms with Crippen LogP contribution < -0.4 is 5.73 Å². The first-order valence-corrected chi connectivity index (χ1v) is 6.80. The van der Waals surface area contributed by atoms with Gasteiger partial charge in [-0.05, 0) is 17.7 Å². The molecule has 6 heteroatoms. The quantitative estimate of drug-likeness (QED) is 0.834. The van der Waals surface area contributed by atoms with E-state index in [1.165, 1.54) is 12.1 Å². The van der Waals surface area contributed by atoms with Crippen molar-refractivity contribution in [3.05, 3.63) is 54.1 Å². The van der Waals surface area contributed by atoms with Gasteiger partial charge in [0.05, 0.1) is 0 Å². The molecule has 2 aromatic rings. The lowest BCUT2D eigenvalue weighted by atomic mass is 10.0. The topological polar surface area (TPSA) is 97.5 Å². The smallest absolute Gasteiger partial charge is 0.295 e. The highest BCUT2D eigenvalue weighted by atomic mass is 32.2. The molecule has 5 nitrogen and oxygen atoms in total. The monoisotopic (exact) mass is 277 g/mol. The van der Waals surface area contributed by atoms with E-state index in [0.717, 1.165) is 6.07 Å². The molecule has 0 saturated carbocycles. The van der Waals surface area contributed by atoms with E-state index in [1.807, 2.05) is 0 Å². The van der Waals surface area contributed by atoms with Gasteiger partial charge in [0.25, 0.3) is 10.1 Å². The molecule has 0 saturated heterocycles. The average molecular weight is 277 g/mol. The van der Waals surface area contributed by atoms with E-state index < -0.39 is 16.0 Å². The van der Waals surface area contributed by atoms with E-state index >= 15 is 0 Å². The van der Waals surface area contributed by atoms with Crippen LogP contribution in [0.4, 0.5) is 0 Å². The van der Waals surface area contributed by atoms with Crippen molar-refractivity contribution in [3.63, 3.8) is 0 Å².